The van der Waals surface area contributed by atoms with E-state index in [2.05, 4.69) is 21.2 Å². The quantitative estimate of drug-likeness (QED) is 0.469. The van der Waals surface area contributed by atoms with Crippen molar-refractivity contribution in [3.63, 3.8) is 0 Å². The highest BCUT2D eigenvalue weighted by molar-refractivity contribution is 7.80. The van der Waals surface area contributed by atoms with Gasteiger partial charge in [-0.05, 0) is 68.5 Å². The van der Waals surface area contributed by atoms with Crippen LogP contribution in [-0.4, -0.2) is 23.1 Å². The molecule has 28 heavy (non-hydrogen) atoms. The Morgan fingerprint density at radius 3 is 2.46 bits per heavy atom. The van der Waals surface area contributed by atoms with E-state index in [-0.39, 0.29) is 16.9 Å². The molecule has 1 unspecified atom stereocenters. The van der Waals surface area contributed by atoms with Crippen LogP contribution >= 0.6 is 12.2 Å². The third-order valence-electron chi connectivity index (χ3n) is 4.29. The largest absolute Gasteiger partial charge is 0.462 e. The maximum Gasteiger partial charge on any atom is 0.270 e. The number of furan rings is 1. The molecule has 0 spiro atoms. The molecular formula is C18H16N6O3S. The fourth-order valence-electron chi connectivity index (χ4n) is 2.89. The van der Waals surface area contributed by atoms with Gasteiger partial charge in [0.25, 0.3) is 11.8 Å². The number of anilines is 2. The predicted molar refractivity (Wildman–Crippen MR) is 106 cm³/mol. The minimum Gasteiger partial charge on any atom is -0.462 e. The van der Waals surface area contributed by atoms with Crippen LogP contribution in [0, 0.1) is 6.92 Å². The Morgan fingerprint density at radius 2 is 1.86 bits per heavy atom. The van der Waals surface area contributed by atoms with E-state index in [9.17, 15) is 9.59 Å². The van der Waals surface area contributed by atoms with E-state index in [0.29, 0.717) is 17.2 Å². The molecular weight excluding hydrogens is 380 g/mol. The first-order chi connectivity index (χ1) is 13.4. The van der Waals surface area contributed by atoms with Crippen molar-refractivity contribution in [3.8, 4) is 0 Å². The molecule has 0 aliphatic carbocycles. The lowest BCUT2D eigenvalue weighted by Crippen LogP contribution is -2.54. The molecule has 1 saturated heterocycles. The van der Waals surface area contributed by atoms with Gasteiger partial charge in [0, 0.05) is 0 Å². The summed E-state index contributed by atoms with van der Waals surface area (Å²) < 4.78 is 5.44. The van der Waals surface area contributed by atoms with Crippen LogP contribution in [0.3, 0.4) is 0 Å². The maximum atomic E-state index is 13.0. The normalized spacial score (nSPS) is 20.7. The Morgan fingerprint density at radius 1 is 1.14 bits per heavy atom. The SMILES string of the molecule is Cc1ccc(/C=C2\C(=O)NC(=S)N(c3ccc(N4NN=NC4C)cc3)C2=O)o1. The van der Waals surface area contributed by atoms with E-state index in [0.717, 1.165) is 5.69 Å². The summed E-state index contributed by atoms with van der Waals surface area (Å²) in [6, 6.07) is 10.5. The lowest BCUT2D eigenvalue weighted by atomic mass is 10.1. The van der Waals surface area contributed by atoms with Crippen molar-refractivity contribution in [1.29, 1.82) is 0 Å². The fourth-order valence-corrected chi connectivity index (χ4v) is 3.17. The van der Waals surface area contributed by atoms with Gasteiger partial charge in [0.2, 0.25) is 0 Å². The summed E-state index contributed by atoms with van der Waals surface area (Å²) >= 11 is 5.21. The van der Waals surface area contributed by atoms with Gasteiger partial charge in [-0.1, -0.05) is 5.22 Å². The number of aryl methyl sites for hydroxylation is 1. The number of hydrogen-bond acceptors (Lipinski definition) is 8. The number of hydrazine groups is 1. The van der Waals surface area contributed by atoms with E-state index in [4.69, 9.17) is 16.6 Å². The summed E-state index contributed by atoms with van der Waals surface area (Å²) in [7, 11) is 0. The van der Waals surface area contributed by atoms with Crippen molar-refractivity contribution in [2.45, 2.75) is 20.0 Å². The zero-order valence-electron chi connectivity index (χ0n) is 15.0. The van der Waals surface area contributed by atoms with E-state index in [1.54, 1.807) is 48.3 Å². The van der Waals surface area contributed by atoms with Crippen molar-refractivity contribution < 1.29 is 14.0 Å². The van der Waals surface area contributed by atoms with E-state index in [1.807, 2.05) is 6.92 Å². The Hall–Kier alpha value is -3.53. The Labute approximate surface area is 165 Å². The molecule has 1 atom stereocenters. The highest BCUT2D eigenvalue weighted by Crippen LogP contribution is 2.26. The molecule has 1 aromatic heterocycles. The van der Waals surface area contributed by atoms with Gasteiger partial charge in [-0.15, -0.1) is 5.11 Å². The number of rotatable bonds is 3. The van der Waals surface area contributed by atoms with E-state index in [1.165, 1.54) is 11.0 Å². The summed E-state index contributed by atoms with van der Waals surface area (Å²) in [6.45, 7) is 3.67. The van der Waals surface area contributed by atoms with Gasteiger partial charge in [0.05, 0.1) is 11.4 Å². The molecule has 2 aromatic rings. The van der Waals surface area contributed by atoms with Crippen LogP contribution in [0.2, 0.25) is 0 Å². The summed E-state index contributed by atoms with van der Waals surface area (Å²) in [5.41, 5.74) is 4.08. The number of carbonyl (C=O) groups is 2. The smallest absolute Gasteiger partial charge is 0.270 e. The molecule has 0 saturated carbocycles. The van der Waals surface area contributed by atoms with Gasteiger partial charge in [-0.25, -0.2) is 5.01 Å². The monoisotopic (exact) mass is 396 g/mol. The van der Waals surface area contributed by atoms with Crippen LogP contribution in [0.4, 0.5) is 11.4 Å². The molecule has 2 N–H and O–H groups in total. The highest BCUT2D eigenvalue weighted by atomic mass is 32.1. The molecule has 3 heterocycles. The van der Waals surface area contributed by atoms with Crippen molar-refractivity contribution in [3.05, 3.63) is 53.5 Å². The van der Waals surface area contributed by atoms with Crippen LogP contribution in [0.25, 0.3) is 6.08 Å². The summed E-state index contributed by atoms with van der Waals surface area (Å²) in [6.07, 6.45) is 1.27. The van der Waals surface area contributed by atoms with Gasteiger partial charge in [0.1, 0.15) is 17.1 Å². The summed E-state index contributed by atoms with van der Waals surface area (Å²) in [5.74, 6) is 0.0193. The second-order valence-electron chi connectivity index (χ2n) is 6.24. The van der Waals surface area contributed by atoms with Gasteiger partial charge < -0.3 is 4.42 Å². The van der Waals surface area contributed by atoms with Crippen LogP contribution in [0.5, 0.6) is 0 Å². The molecule has 10 heteroatoms. The van der Waals surface area contributed by atoms with Crippen LogP contribution in [0.15, 0.2) is 56.7 Å². The molecule has 4 rings (SSSR count). The molecule has 0 bridgehead atoms. The average molecular weight is 396 g/mol. The number of nitrogens with zero attached hydrogens (tertiary/aromatic N) is 4. The summed E-state index contributed by atoms with van der Waals surface area (Å²) in [5, 5.41) is 12.1. The molecule has 9 nitrogen and oxygen atoms in total. The molecule has 1 fully saturated rings. The predicted octanol–water partition coefficient (Wildman–Crippen LogP) is 2.46. The number of nitrogens with one attached hydrogen (secondary N) is 2. The third kappa shape index (κ3) is 3.14. The fraction of sp³-hybridized carbons (Fsp3) is 0.167. The number of hydrogen-bond donors (Lipinski definition) is 2. The lowest BCUT2D eigenvalue weighted by Gasteiger charge is -2.29. The lowest BCUT2D eigenvalue weighted by molar-refractivity contribution is -0.122. The minimum absolute atomic E-state index is 0.0215. The summed E-state index contributed by atoms with van der Waals surface area (Å²) in [4.78, 5) is 26.5. The average Bonchev–Trinajstić information content (AvgIpc) is 3.27. The second-order valence-corrected chi connectivity index (χ2v) is 6.63. The van der Waals surface area contributed by atoms with Crippen LogP contribution in [0.1, 0.15) is 18.4 Å². The van der Waals surface area contributed by atoms with Crippen molar-refractivity contribution in [1.82, 2.24) is 10.9 Å². The highest BCUT2D eigenvalue weighted by Gasteiger charge is 2.34. The Bertz CT molecular complexity index is 1030. The van der Waals surface area contributed by atoms with Crippen molar-refractivity contribution >= 4 is 46.6 Å². The Kier molecular flexibility index (Phi) is 4.40. The first kappa shape index (κ1) is 17.9. The van der Waals surface area contributed by atoms with E-state index < -0.39 is 11.8 Å². The number of benzene rings is 1. The van der Waals surface area contributed by atoms with Gasteiger partial charge >= 0.3 is 0 Å². The molecule has 2 amide bonds. The minimum atomic E-state index is -0.560. The molecule has 142 valence electrons. The molecule has 2 aliphatic rings. The number of thiocarbonyl (C=S) groups is 1. The topological polar surface area (TPSA) is 103 Å². The first-order valence-electron chi connectivity index (χ1n) is 8.47. The molecule has 0 radical (unpaired) electrons. The number of amides is 2. The Balaban J connectivity index is 1.63. The van der Waals surface area contributed by atoms with Crippen molar-refractivity contribution in [2.24, 2.45) is 10.3 Å². The zero-order valence-corrected chi connectivity index (χ0v) is 15.9. The van der Waals surface area contributed by atoms with E-state index >= 15 is 0 Å². The standard InChI is InChI=1S/C18H16N6O3S/c1-10-3-8-14(27-10)9-15-16(25)19-18(28)23(17(15)26)12-4-6-13(7-5-12)24-11(2)20-21-22-24/h3-9,11H,1-2H3,(H,20,22)(H,19,25,28)/b15-9+. The van der Waals surface area contributed by atoms with Gasteiger partial charge in [-0.2, -0.15) is 5.53 Å². The van der Waals surface area contributed by atoms with Crippen LogP contribution in [-0.2, 0) is 9.59 Å². The molecule has 2 aliphatic heterocycles. The first-order valence-corrected chi connectivity index (χ1v) is 8.87. The van der Waals surface area contributed by atoms with Crippen molar-refractivity contribution in [2.75, 3.05) is 9.91 Å². The third-order valence-corrected chi connectivity index (χ3v) is 4.57. The maximum absolute atomic E-state index is 13.0. The zero-order chi connectivity index (χ0) is 19.8. The van der Waals surface area contributed by atoms with Crippen LogP contribution < -0.4 is 20.8 Å². The number of carbonyl (C=O) groups excluding carboxylic acids is 2. The van der Waals surface area contributed by atoms with Gasteiger partial charge in [0.15, 0.2) is 11.3 Å². The molecule has 1 aromatic carbocycles. The van der Waals surface area contributed by atoms with Gasteiger partial charge in [-0.3, -0.25) is 19.8 Å². The second kappa shape index (κ2) is 6.89.